The Morgan fingerprint density at radius 2 is 1.40 bits per heavy atom. The third-order valence-corrected chi connectivity index (χ3v) is 11.2. The Kier molecular flexibility index (Phi) is 9.23. The maximum Gasteiger partial charge on any atom is 0.261 e. The molecule has 4 aliphatic heterocycles. The summed E-state index contributed by atoms with van der Waals surface area (Å²) in [6, 6.07) is 7.12. The standard InChI is InChI=1S/C40H42N12O8/c1-39(21-53)17-23-15-26(32(46-37(23)59-39)49-9-12-57-13-10-49)45-36(56)29-30(48-52-8-4-6-42-34(29)52)28-20-50(11-14-58-28)33-27(16-24-18-40(2,22-54)60-38(24)47-33)44-35(55)25-19-43-51-7-3-5-41-31(25)51/h3-8,15-16,19,28,53-54H,9-14,17-18,20-22H2,1-2H3,(H,44,55)(H,45,56)/t28?,39-,40+/m1/s1. The Labute approximate surface area is 342 Å². The lowest BCUT2D eigenvalue weighted by Gasteiger charge is -2.34. The van der Waals surface area contributed by atoms with Gasteiger partial charge in [-0.15, -0.1) is 0 Å². The molecular formula is C40H42N12O8. The van der Waals surface area contributed by atoms with E-state index in [0.717, 1.165) is 11.1 Å². The fourth-order valence-electron chi connectivity index (χ4n) is 8.17. The van der Waals surface area contributed by atoms with Crippen LogP contribution in [0.5, 0.6) is 11.8 Å². The number of hydrogen-bond acceptors (Lipinski definition) is 16. The second-order valence-electron chi connectivity index (χ2n) is 15.8. The summed E-state index contributed by atoms with van der Waals surface area (Å²) >= 11 is 0. The Hall–Kier alpha value is -6.48. The molecule has 6 aromatic heterocycles. The highest BCUT2D eigenvalue weighted by atomic mass is 16.5. The lowest BCUT2D eigenvalue weighted by molar-refractivity contribution is 0.0352. The molecule has 4 N–H and O–H groups in total. The van der Waals surface area contributed by atoms with Crippen LogP contribution < -0.4 is 29.9 Å². The van der Waals surface area contributed by atoms with Crippen LogP contribution in [-0.2, 0) is 22.3 Å². The summed E-state index contributed by atoms with van der Waals surface area (Å²) in [5.74, 6) is 0.790. The molecular weight excluding hydrogens is 777 g/mol. The first-order valence-corrected chi connectivity index (χ1v) is 19.7. The molecule has 0 aromatic carbocycles. The maximum absolute atomic E-state index is 14.7. The average Bonchev–Trinajstić information content (AvgIpc) is 4.04. The molecule has 4 aliphatic rings. The first-order chi connectivity index (χ1) is 29.1. The predicted molar refractivity (Wildman–Crippen MR) is 214 cm³/mol. The van der Waals surface area contributed by atoms with Crippen LogP contribution in [-0.4, -0.2) is 132 Å². The second-order valence-corrected chi connectivity index (χ2v) is 15.8. The largest absolute Gasteiger partial charge is 0.468 e. The Morgan fingerprint density at radius 3 is 2.07 bits per heavy atom. The number of nitrogens with zero attached hydrogens (tertiary/aromatic N) is 10. The fraction of sp³-hybridized carbons (Fsp3) is 0.400. The summed E-state index contributed by atoms with van der Waals surface area (Å²) in [6.45, 7) is 6.09. The van der Waals surface area contributed by atoms with Crippen molar-refractivity contribution in [2.45, 2.75) is 44.0 Å². The lowest BCUT2D eigenvalue weighted by Crippen LogP contribution is -2.40. The Bertz CT molecular complexity index is 2660. The number of anilines is 4. The lowest BCUT2D eigenvalue weighted by atomic mass is 10.0. The van der Waals surface area contributed by atoms with Gasteiger partial charge in [-0.2, -0.15) is 20.2 Å². The number of fused-ring (bicyclic) bond motifs is 4. The van der Waals surface area contributed by atoms with Crippen LogP contribution in [0.4, 0.5) is 23.0 Å². The highest BCUT2D eigenvalue weighted by Crippen LogP contribution is 2.42. The third-order valence-electron chi connectivity index (χ3n) is 11.2. The summed E-state index contributed by atoms with van der Waals surface area (Å²) in [7, 11) is 0. The Balaban J connectivity index is 0.992. The van der Waals surface area contributed by atoms with Crippen molar-refractivity contribution in [1.29, 1.82) is 0 Å². The SMILES string of the molecule is C[C@@]1(CO)Cc2cc(NC(=O)c3cnn4cccnc34)c(N3CCOC(c4nn5cccnc5c4C(=O)Nc4cc5c(nc4N4CCOCC4)O[C@@](C)(CO)C5)C3)nc2O1. The number of amides is 2. The number of aliphatic hydroxyl groups is 2. The molecule has 0 saturated carbocycles. The molecule has 0 spiro atoms. The van der Waals surface area contributed by atoms with Gasteiger partial charge in [0.15, 0.2) is 22.9 Å². The molecule has 0 aliphatic carbocycles. The van der Waals surface area contributed by atoms with Crippen LogP contribution in [0, 0.1) is 0 Å². The van der Waals surface area contributed by atoms with E-state index in [1.165, 1.54) is 10.7 Å². The second kappa shape index (κ2) is 14.7. The molecule has 20 heteroatoms. The van der Waals surface area contributed by atoms with E-state index < -0.39 is 29.1 Å². The molecule has 0 bridgehead atoms. The maximum atomic E-state index is 14.7. The normalized spacial score (nSPS) is 22.4. The zero-order valence-electron chi connectivity index (χ0n) is 32.9. The fourth-order valence-corrected chi connectivity index (χ4v) is 8.17. The van der Waals surface area contributed by atoms with Gasteiger partial charge < -0.3 is 49.6 Å². The van der Waals surface area contributed by atoms with Crippen molar-refractivity contribution in [3.63, 3.8) is 0 Å². The first kappa shape index (κ1) is 37.8. The molecule has 0 radical (unpaired) electrons. The molecule has 6 aromatic rings. The zero-order chi connectivity index (χ0) is 41.2. The van der Waals surface area contributed by atoms with E-state index in [0.29, 0.717) is 97.4 Å². The summed E-state index contributed by atoms with van der Waals surface area (Å²) < 4.78 is 27.3. The van der Waals surface area contributed by atoms with Gasteiger partial charge in [0.1, 0.15) is 34.1 Å². The van der Waals surface area contributed by atoms with Crippen LogP contribution in [0.3, 0.4) is 0 Å². The van der Waals surface area contributed by atoms with Crippen LogP contribution >= 0.6 is 0 Å². The number of carbonyl (C=O) groups excluding carboxylic acids is 2. The number of nitrogens with one attached hydrogen (secondary N) is 2. The van der Waals surface area contributed by atoms with E-state index in [4.69, 9.17) is 34.0 Å². The van der Waals surface area contributed by atoms with Crippen molar-refractivity contribution < 1.29 is 38.7 Å². The van der Waals surface area contributed by atoms with Gasteiger partial charge in [-0.1, -0.05) is 0 Å². The quantitative estimate of drug-likeness (QED) is 0.163. The minimum absolute atomic E-state index is 0.185. The summed E-state index contributed by atoms with van der Waals surface area (Å²) in [4.78, 5) is 51.2. The average molecular weight is 819 g/mol. The van der Waals surface area contributed by atoms with Crippen LogP contribution in [0.15, 0.2) is 55.2 Å². The number of aliphatic hydroxyl groups excluding tert-OH is 2. The Morgan fingerprint density at radius 1 is 0.800 bits per heavy atom. The summed E-state index contributed by atoms with van der Waals surface area (Å²) in [5.41, 5.74) is 2.20. The predicted octanol–water partition coefficient (Wildman–Crippen LogP) is 1.85. The van der Waals surface area contributed by atoms with Gasteiger partial charge in [0.25, 0.3) is 11.8 Å². The molecule has 310 valence electrons. The number of hydrogen-bond donors (Lipinski definition) is 4. The van der Waals surface area contributed by atoms with E-state index in [-0.39, 0.29) is 37.5 Å². The number of aromatic nitrogens is 8. The summed E-state index contributed by atoms with van der Waals surface area (Å²) in [6.07, 6.45) is 8.11. The van der Waals surface area contributed by atoms with Crippen molar-refractivity contribution in [1.82, 2.24) is 39.2 Å². The molecule has 60 heavy (non-hydrogen) atoms. The van der Waals surface area contributed by atoms with Gasteiger partial charge in [-0.25, -0.2) is 19.0 Å². The van der Waals surface area contributed by atoms with Crippen LogP contribution in [0.1, 0.15) is 57.5 Å². The van der Waals surface area contributed by atoms with Crippen molar-refractivity contribution in [3.05, 3.63) is 83.2 Å². The van der Waals surface area contributed by atoms with Gasteiger partial charge in [-0.05, 0) is 38.1 Å². The molecule has 10 rings (SSSR count). The third kappa shape index (κ3) is 6.66. The van der Waals surface area contributed by atoms with Gasteiger partial charge in [-0.3, -0.25) is 9.59 Å². The van der Waals surface area contributed by atoms with E-state index in [2.05, 4.69) is 25.7 Å². The van der Waals surface area contributed by atoms with Crippen LogP contribution in [0.2, 0.25) is 0 Å². The van der Waals surface area contributed by atoms with Gasteiger partial charge >= 0.3 is 0 Å². The highest BCUT2D eigenvalue weighted by molar-refractivity contribution is 6.11. The van der Waals surface area contributed by atoms with Crippen molar-refractivity contribution in [2.75, 3.05) is 79.6 Å². The number of pyridine rings is 2. The van der Waals surface area contributed by atoms with E-state index >= 15 is 0 Å². The van der Waals surface area contributed by atoms with Crippen LogP contribution in [0.25, 0.3) is 11.3 Å². The first-order valence-electron chi connectivity index (χ1n) is 19.7. The number of carbonyl (C=O) groups is 2. The molecule has 10 heterocycles. The highest BCUT2D eigenvalue weighted by Gasteiger charge is 2.40. The minimum Gasteiger partial charge on any atom is -0.468 e. The van der Waals surface area contributed by atoms with Gasteiger partial charge in [0, 0.05) is 68.4 Å². The molecule has 2 saturated heterocycles. The van der Waals surface area contributed by atoms with E-state index in [1.54, 1.807) is 48.4 Å². The van der Waals surface area contributed by atoms with Crippen molar-refractivity contribution in [2.24, 2.45) is 0 Å². The monoisotopic (exact) mass is 818 g/mol. The minimum atomic E-state index is -0.886. The number of ether oxygens (including phenoxy) is 4. The zero-order valence-corrected chi connectivity index (χ0v) is 32.9. The molecule has 3 atom stereocenters. The molecule has 20 nitrogen and oxygen atoms in total. The van der Waals surface area contributed by atoms with E-state index in [9.17, 15) is 19.8 Å². The molecule has 2 amide bonds. The van der Waals surface area contributed by atoms with Crippen molar-refractivity contribution >= 4 is 46.1 Å². The molecule has 2 fully saturated rings. The van der Waals surface area contributed by atoms with Gasteiger partial charge in [0.2, 0.25) is 11.8 Å². The topological polar surface area (TPSA) is 228 Å². The van der Waals surface area contributed by atoms with E-state index in [1.807, 2.05) is 28.9 Å². The number of morpholine rings is 2. The molecule has 1 unspecified atom stereocenters. The van der Waals surface area contributed by atoms with Gasteiger partial charge in [0.05, 0.1) is 57.2 Å². The summed E-state index contributed by atoms with van der Waals surface area (Å²) in [5, 5.41) is 35.5. The van der Waals surface area contributed by atoms with Crippen molar-refractivity contribution in [3.8, 4) is 11.8 Å². The smallest absolute Gasteiger partial charge is 0.261 e. The number of rotatable bonds is 9.